The SMILES string of the molecule is COc1cc(/C=C(/C#N)C(=O)Nn2c(C)ccc2C)cc(I)c1OCc1ccc([N+](=O)[O-])cc1. The van der Waals surface area contributed by atoms with Crippen molar-refractivity contribution >= 4 is 40.3 Å². The van der Waals surface area contributed by atoms with E-state index in [-0.39, 0.29) is 17.9 Å². The van der Waals surface area contributed by atoms with E-state index in [2.05, 4.69) is 28.0 Å². The molecule has 0 aliphatic carbocycles. The number of carbonyl (C=O) groups is 1. The van der Waals surface area contributed by atoms with Crippen molar-refractivity contribution in [2.75, 3.05) is 12.5 Å². The van der Waals surface area contributed by atoms with E-state index < -0.39 is 10.8 Å². The van der Waals surface area contributed by atoms with Crippen molar-refractivity contribution in [3.63, 3.8) is 0 Å². The van der Waals surface area contributed by atoms with Crippen LogP contribution in [-0.2, 0) is 11.4 Å². The fourth-order valence-electron chi connectivity index (χ4n) is 3.15. The Balaban J connectivity index is 1.81. The van der Waals surface area contributed by atoms with Crippen LogP contribution in [0.1, 0.15) is 22.5 Å². The number of methoxy groups -OCH3 is 1. The summed E-state index contributed by atoms with van der Waals surface area (Å²) in [5, 5.41) is 20.4. The number of amides is 1. The summed E-state index contributed by atoms with van der Waals surface area (Å²) >= 11 is 2.08. The lowest BCUT2D eigenvalue weighted by Gasteiger charge is -2.14. The van der Waals surface area contributed by atoms with Gasteiger partial charge in [-0.25, -0.2) is 0 Å². The molecule has 1 aromatic heterocycles. The van der Waals surface area contributed by atoms with Crippen LogP contribution in [0.15, 0.2) is 54.1 Å². The average molecular weight is 572 g/mol. The lowest BCUT2D eigenvalue weighted by molar-refractivity contribution is -0.384. The third kappa shape index (κ3) is 5.74. The van der Waals surface area contributed by atoms with Crippen molar-refractivity contribution in [3.05, 3.63) is 90.3 Å². The van der Waals surface area contributed by atoms with E-state index in [1.807, 2.05) is 32.0 Å². The highest BCUT2D eigenvalue weighted by molar-refractivity contribution is 14.1. The zero-order chi connectivity index (χ0) is 24.8. The molecule has 174 valence electrons. The first-order valence-corrected chi connectivity index (χ1v) is 11.1. The number of hydrogen-bond donors (Lipinski definition) is 1. The van der Waals surface area contributed by atoms with Gasteiger partial charge >= 0.3 is 0 Å². The Bertz CT molecular complexity index is 1290. The second kappa shape index (κ2) is 10.8. The Hall–Kier alpha value is -3.85. The molecule has 34 heavy (non-hydrogen) atoms. The number of nitro groups is 1. The monoisotopic (exact) mass is 572 g/mol. The number of carbonyl (C=O) groups excluding carboxylic acids is 1. The molecule has 0 bridgehead atoms. The first-order valence-electron chi connectivity index (χ1n) is 10.0. The minimum Gasteiger partial charge on any atom is -0.493 e. The molecule has 2 aromatic carbocycles. The molecular formula is C24H21IN4O5. The van der Waals surface area contributed by atoms with E-state index in [0.29, 0.717) is 20.6 Å². The summed E-state index contributed by atoms with van der Waals surface area (Å²) in [6.45, 7) is 3.89. The third-order valence-corrected chi connectivity index (χ3v) is 5.74. The Morgan fingerprint density at radius 1 is 1.21 bits per heavy atom. The highest BCUT2D eigenvalue weighted by atomic mass is 127. The van der Waals surface area contributed by atoms with Crippen molar-refractivity contribution < 1.29 is 19.2 Å². The first kappa shape index (κ1) is 24.8. The number of ether oxygens (including phenoxy) is 2. The van der Waals surface area contributed by atoms with E-state index in [0.717, 1.165) is 17.0 Å². The molecule has 0 saturated carbocycles. The Labute approximate surface area is 209 Å². The van der Waals surface area contributed by atoms with Crippen LogP contribution in [0.5, 0.6) is 11.5 Å². The largest absolute Gasteiger partial charge is 0.493 e. The molecule has 0 atom stereocenters. The molecule has 3 aromatic rings. The van der Waals surface area contributed by atoms with Crippen molar-refractivity contribution in [2.24, 2.45) is 0 Å². The second-order valence-corrected chi connectivity index (χ2v) is 8.47. The van der Waals surface area contributed by atoms with Gasteiger partial charge in [0.1, 0.15) is 18.2 Å². The number of rotatable bonds is 8. The zero-order valence-corrected chi connectivity index (χ0v) is 20.8. The topological polar surface area (TPSA) is 119 Å². The maximum atomic E-state index is 12.7. The maximum absolute atomic E-state index is 12.7. The van der Waals surface area contributed by atoms with Gasteiger partial charge in [-0.3, -0.25) is 25.0 Å². The van der Waals surface area contributed by atoms with Gasteiger partial charge < -0.3 is 9.47 Å². The number of hydrogen-bond acceptors (Lipinski definition) is 6. The van der Waals surface area contributed by atoms with Crippen LogP contribution in [0, 0.1) is 38.9 Å². The van der Waals surface area contributed by atoms with Gasteiger partial charge in [0.15, 0.2) is 11.5 Å². The zero-order valence-electron chi connectivity index (χ0n) is 18.7. The third-order valence-electron chi connectivity index (χ3n) is 4.94. The van der Waals surface area contributed by atoms with Gasteiger partial charge in [0, 0.05) is 23.5 Å². The van der Waals surface area contributed by atoms with Gasteiger partial charge in [-0.2, -0.15) is 5.26 Å². The number of nitrogens with zero attached hydrogens (tertiary/aromatic N) is 3. The molecule has 1 N–H and O–H groups in total. The lowest BCUT2D eigenvalue weighted by Crippen LogP contribution is -2.25. The number of benzene rings is 2. The minimum absolute atomic E-state index is 0.00600. The fraction of sp³-hybridized carbons (Fsp3) is 0.167. The first-order chi connectivity index (χ1) is 16.2. The van der Waals surface area contributed by atoms with Crippen LogP contribution in [-0.4, -0.2) is 22.6 Å². The van der Waals surface area contributed by atoms with Crippen molar-refractivity contribution in [1.82, 2.24) is 4.68 Å². The van der Waals surface area contributed by atoms with Gasteiger partial charge in [-0.15, -0.1) is 0 Å². The smallest absolute Gasteiger partial charge is 0.280 e. The summed E-state index contributed by atoms with van der Waals surface area (Å²) in [7, 11) is 1.49. The van der Waals surface area contributed by atoms with Crippen molar-refractivity contribution in [3.8, 4) is 17.6 Å². The molecule has 0 spiro atoms. The van der Waals surface area contributed by atoms with Crippen molar-refractivity contribution in [2.45, 2.75) is 20.5 Å². The molecule has 1 amide bonds. The Kier molecular flexibility index (Phi) is 7.91. The van der Waals surface area contributed by atoms with Gasteiger partial charge in [0.05, 0.1) is 15.6 Å². The number of non-ortho nitro benzene ring substituents is 1. The van der Waals surface area contributed by atoms with E-state index >= 15 is 0 Å². The molecule has 0 aliphatic rings. The molecule has 1 heterocycles. The summed E-state index contributed by atoms with van der Waals surface area (Å²) in [4.78, 5) is 23.0. The molecule has 3 rings (SSSR count). The van der Waals surface area contributed by atoms with Crippen LogP contribution in [0.4, 0.5) is 5.69 Å². The predicted molar refractivity (Wildman–Crippen MR) is 135 cm³/mol. The highest BCUT2D eigenvalue weighted by Gasteiger charge is 2.15. The molecule has 10 heteroatoms. The average Bonchev–Trinajstić information content (AvgIpc) is 3.13. The maximum Gasteiger partial charge on any atom is 0.280 e. The Morgan fingerprint density at radius 2 is 1.85 bits per heavy atom. The van der Waals surface area contributed by atoms with E-state index in [1.165, 1.54) is 25.3 Å². The highest BCUT2D eigenvalue weighted by Crippen LogP contribution is 2.35. The van der Waals surface area contributed by atoms with E-state index in [9.17, 15) is 20.2 Å². The number of nitro benzene ring substituents is 1. The quantitative estimate of drug-likeness (QED) is 0.135. The number of nitriles is 1. The fourth-order valence-corrected chi connectivity index (χ4v) is 3.94. The number of nitrogens with one attached hydrogen (secondary N) is 1. The van der Waals surface area contributed by atoms with Gasteiger partial charge in [-0.1, -0.05) is 0 Å². The summed E-state index contributed by atoms with van der Waals surface area (Å²) in [6.07, 6.45) is 1.48. The van der Waals surface area contributed by atoms with Crippen LogP contribution in [0.2, 0.25) is 0 Å². The van der Waals surface area contributed by atoms with Crippen LogP contribution >= 0.6 is 22.6 Å². The Morgan fingerprint density at radius 3 is 2.41 bits per heavy atom. The molecule has 0 fully saturated rings. The van der Waals surface area contributed by atoms with Crippen LogP contribution < -0.4 is 14.9 Å². The van der Waals surface area contributed by atoms with Crippen LogP contribution in [0.25, 0.3) is 6.08 Å². The summed E-state index contributed by atoms with van der Waals surface area (Å²) < 4.78 is 13.7. The molecule has 0 aliphatic heterocycles. The molecule has 0 radical (unpaired) electrons. The van der Waals surface area contributed by atoms with E-state index in [1.54, 1.807) is 28.9 Å². The number of aryl methyl sites for hydroxylation is 2. The molecule has 9 nitrogen and oxygen atoms in total. The van der Waals surface area contributed by atoms with Gasteiger partial charge in [0.2, 0.25) is 0 Å². The minimum atomic E-state index is -0.530. The molecular weight excluding hydrogens is 551 g/mol. The summed E-state index contributed by atoms with van der Waals surface area (Å²) in [5.74, 6) is 0.382. The van der Waals surface area contributed by atoms with Crippen molar-refractivity contribution in [1.29, 1.82) is 5.26 Å². The second-order valence-electron chi connectivity index (χ2n) is 7.31. The van der Waals surface area contributed by atoms with Crippen LogP contribution in [0.3, 0.4) is 0 Å². The normalized spacial score (nSPS) is 11.0. The van der Waals surface area contributed by atoms with Gasteiger partial charge in [0.25, 0.3) is 11.6 Å². The number of aromatic nitrogens is 1. The predicted octanol–water partition coefficient (Wildman–Crippen LogP) is 4.88. The summed E-state index contributed by atoms with van der Waals surface area (Å²) in [6, 6.07) is 15.2. The molecule has 0 unspecified atom stereocenters. The standard InChI is InChI=1S/C24H21IN4O5/c1-15-4-5-16(2)28(15)27-24(30)19(13-26)10-18-11-21(25)23(22(12-18)33-3)34-14-17-6-8-20(9-7-17)29(31)32/h4-12H,14H2,1-3H3,(H,27,30)/b19-10-. The number of halogens is 1. The lowest BCUT2D eigenvalue weighted by atomic mass is 10.1. The molecule has 0 saturated heterocycles. The van der Waals surface area contributed by atoms with E-state index in [4.69, 9.17) is 9.47 Å². The summed E-state index contributed by atoms with van der Waals surface area (Å²) in [5.41, 5.74) is 5.69. The van der Waals surface area contributed by atoms with Gasteiger partial charge in [-0.05, 0) is 90.0 Å².